The summed E-state index contributed by atoms with van der Waals surface area (Å²) in [6.07, 6.45) is 0. The Hall–Kier alpha value is -3.47. The van der Waals surface area contributed by atoms with E-state index in [1.807, 2.05) is 0 Å². The lowest BCUT2D eigenvalue weighted by Crippen LogP contribution is -2.31. The Labute approximate surface area is 210 Å². The fourth-order valence-corrected chi connectivity index (χ4v) is 5.69. The van der Waals surface area contributed by atoms with Crippen molar-refractivity contribution in [2.75, 3.05) is 10.8 Å². The first-order valence-electron chi connectivity index (χ1n) is 10.3. The molecule has 0 radical (unpaired) electrons. The summed E-state index contributed by atoms with van der Waals surface area (Å²) in [4.78, 5) is 25.0. The van der Waals surface area contributed by atoms with E-state index in [2.05, 4.69) is 10.3 Å². The van der Waals surface area contributed by atoms with Gasteiger partial charge in [-0.25, -0.2) is 13.2 Å². The second-order valence-corrected chi connectivity index (χ2v) is 9.89. The molecule has 4 rings (SSSR count). The van der Waals surface area contributed by atoms with Gasteiger partial charge in [-0.05, 0) is 43.3 Å². The zero-order valence-corrected chi connectivity index (χ0v) is 20.6. The van der Waals surface area contributed by atoms with Crippen LogP contribution in [0.1, 0.15) is 17.3 Å². The summed E-state index contributed by atoms with van der Waals surface area (Å²) < 4.78 is 34.0. The number of halogens is 2. The molecule has 1 aromatic heterocycles. The highest BCUT2D eigenvalue weighted by molar-refractivity contribution is 7.93. The van der Waals surface area contributed by atoms with Gasteiger partial charge in [0.15, 0.2) is 6.73 Å². The minimum atomic E-state index is -4.15. The molecule has 0 aliphatic heterocycles. The second kappa shape index (κ2) is 10.0. The third kappa shape index (κ3) is 4.86. The highest BCUT2D eigenvalue weighted by atomic mass is 35.5. The van der Waals surface area contributed by atoms with Crippen LogP contribution in [0, 0.1) is 0 Å². The molecule has 0 bridgehead atoms. The van der Waals surface area contributed by atoms with Crippen molar-refractivity contribution < 1.29 is 17.9 Å². The summed E-state index contributed by atoms with van der Waals surface area (Å²) in [7, 11) is -4.15. The molecule has 0 aliphatic rings. The number of nitrogens with zero attached hydrogens (tertiary/aromatic N) is 4. The number of rotatable bonds is 7. The molecule has 1 heterocycles. The SMILES string of the molecule is CCN(c1ccccc1)S(=O)(=O)c1cc(C(=O)OCn2nnc3ccccc3c2=O)c(Cl)cc1Cl. The number of fused-ring (bicyclic) bond motifs is 1. The van der Waals surface area contributed by atoms with Crippen LogP contribution in [0.3, 0.4) is 0 Å². The van der Waals surface area contributed by atoms with Gasteiger partial charge in [0, 0.05) is 6.54 Å². The van der Waals surface area contributed by atoms with Crippen LogP contribution in [0.25, 0.3) is 10.9 Å². The van der Waals surface area contributed by atoms with Crippen molar-refractivity contribution in [3.63, 3.8) is 0 Å². The monoisotopic (exact) mass is 532 g/mol. The highest BCUT2D eigenvalue weighted by Crippen LogP contribution is 2.33. The van der Waals surface area contributed by atoms with Gasteiger partial charge in [-0.2, -0.15) is 4.68 Å². The first kappa shape index (κ1) is 24.6. The summed E-state index contributed by atoms with van der Waals surface area (Å²) in [6.45, 7) is 1.24. The molecule has 0 saturated heterocycles. The molecule has 0 amide bonds. The maximum Gasteiger partial charge on any atom is 0.341 e. The van der Waals surface area contributed by atoms with E-state index >= 15 is 0 Å². The predicted octanol–water partition coefficient (Wildman–Crippen LogP) is 4.13. The summed E-state index contributed by atoms with van der Waals surface area (Å²) in [5.41, 5.74) is 0.0878. The first-order valence-corrected chi connectivity index (χ1v) is 12.5. The molecular weight excluding hydrogens is 515 g/mol. The van der Waals surface area contributed by atoms with Crippen LogP contribution >= 0.6 is 23.2 Å². The fourth-order valence-electron chi connectivity index (χ4n) is 3.39. The van der Waals surface area contributed by atoms with Gasteiger partial charge in [0.25, 0.3) is 15.6 Å². The Morgan fingerprint density at radius 1 is 1.03 bits per heavy atom. The van der Waals surface area contributed by atoms with E-state index < -0.39 is 28.3 Å². The number of hydrogen-bond acceptors (Lipinski definition) is 7. The number of anilines is 1. The van der Waals surface area contributed by atoms with Gasteiger partial charge in [0.1, 0.15) is 10.4 Å². The Balaban J connectivity index is 1.64. The number of benzene rings is 3. The summed E-state index contributed by atoms with van der Waals surface area (Å²) in [5, 5.41) is 7.71. The van der Waals surface area contributed by atoms with Crippen molar-refractivity contribution in [1.29, 1.82) is 0 Å². The predicted molar refractivity (Wildman–Crippen MR) is 132 cm³/mol. The molecule has 4 aromatic rings. The molecule has 0 N–H and O–H groups in total. The number of esters is 1. The largest absolute Gasteiger partial charge is 0.438 e. The van der Waals surface area contributed by atoms with E-state index in [4.69, 9.17) is 27.9 Å². The second-order valence-electron chi connectivity index (χ2n) is 7.24. The van der Waals surface area contributed by atoms with E-state index in [0.717, 1.165) is 21.1 Å². The lowest BCUT2D eigenvalue weighted by molar-refractivity contribution is 0.0336. The normalized spacial score (nSPS) is 11.4. The maximum absolute atomic E-state index is 13.4. The summed E-state index contributed by atoms with van der Waals surface area (Å²) in [5.74, 6) is -0.965. The smallest absolute Gasteiger partial charge is 0.341 e. The van der Waals surface area contributed by atoms with Gasteiger partial charge in [0.05, 0.1) is 26.7 Å². The van der Waals surface area contributed by atoms with Crippen LogP contribution in [0.2, 0.25) is 10.0 Å². The average molecular weight is 533 g/mol. The molecule has 0 atom stereocenters. The van der Waals surface area contributed by atoms with Crippen molar-refractivity contribution in [3.05, 3.63) is 92.7 Å². The zero-order valence-electron chi connectivity index (χ0n) is 18.3. The minimum absolute atomic E-state index is 0.112. The third-order valence-corrected chi connectivity index (χ3v) is 7.77. The van der Waals surface area contributed by atoms with E-state index in [1.54, 1.807) is 61.5 Å². The van der Waals surface area contributed by atoms with Crippen LogP contribution < -0.4 is 9.86 Å². The van der Waals surface area contributed by atoms with Crippen LogP contribution in [0.15, 0.2) is 76.4 Å². The number of hydrogen-bond donors (Lipinski definition) is 0. The standard InChI is InChI=1S/C23H18Cl2N4O5S/c1-2-29(15-8-4-3-5-9-15)35(32,33)21-12-17(18(24)13-19(21)25)23(31)34-14-28-22(30)16-10-6-7-11-20(16)26-27-28/h3-13H,2,14H2,1H3. The van der Waals surface area contributed by atoms with Gasteiger partial charge in [-0.1, -0.05) is 58.7 Å². The Bertz CT molecular complexity index is 1580. The van der Waals surface area contributed by atoms with Gasteiger partial charge >= 0.3 is 5.97 Å². The molecule has 0 spiro atoms. The molecule has 35 heavy (non-hydrogen) atoms. The summed E-state index contributed by atoms with van der Waals surface area (Å²) >= 11 is 12.4. The van der Waals surface area contributed by atoms with Crippen molar-refractivity contribution in [3.8, 4) is 0 Å². The number of ether oxygens (including phenoxy) is 1. The van der Waals surface area contributed by atoms with E-state index in [1.165, 1.54) is 0 Å². The Morgan fingerprint density at radius 3 is 2.43 bits per heavy atom. The molecule has 180 valence electrons. The van der Waals surface area contributed by atoms with E-state index in [0.29, 0.717) is 16.6 Å². The molecule has 3 aromatic carbocycles. The Morgan fingerprint density at radius 2 is 1.71 bits per heavy atom. The third-order valence-electron chi connectivity index (χ3n) is 5.09. The molecule has 0 saturated carbocycles. The van der Waals surface area contributed by atoms with Crippen LogP contribution in [-0.4, -0.2) is 35.9 Å². The number of sulfonamides is 1. The molecular formula is C23H18Cl2N4O5S. The molecule has 12 heteroatoms. The molecule has 0 unspecified atom stereocenters. The summed E-state index contributed by atoms with van der Waals surface area (Å²) in [6, 6.07) is 17.3. The van der Waals surface area contributed by atoms with E-state index in [9.17, 15) is 18.0 Å². The van der Waals surface area contributed by atoms with Crippen LogP contribution in [-0.2, 0) is 21.5 Å². The van der Waals surface area contributed by atoms with Gasteiger partial charge in [-0.3, -0.25) is 9.10 Å². The number of carbonyl (C=O) groups excluding carboxylic acids is 1. The zero-order chi connectivity index (χ0) is 25.2. The van der Waals surface area contributed by atoms with E-state index in [-0.39, 0.29) is 27.0 Å². The topological polar surface area (TPSA) is 111 Å². The van der Waals surface area contributed by atoms with Gasteiger partial charge in [-0.15, -0.1) is 5.10 Å². The van der Waals surface area contributed by atoms with Crippen molar-refractivity contribution in [2.45, 2.75) is 18.6 Å². The minimum Gasteiger partial charge on any atom is -0.438 e. The first-order chi connectivity index (χ1) is 16.7. The highest BCUT2D eigenvalue weighted by Gasteiger charge is 2.29. The average Bonchev–Trinajstić information content (AvgIpc) is 2.84. The molecule has 0 fully saturated rings. The van der Waals surface area contributed by atoms with Gasteiger partial charge in [0.2, 0.25) is 0 Å². The number of para-hydroxylation sites is 1. The lowest BCUT2D eigenvalue weighted by atomic mass is 10.2. The fraction of sp³-hybridized carbons (Fsp3) is 0.130. The van der Waals surface area contributed by atoms with Crippen molar-refractivity contribution >= 4 is 55.8 Å². The number of aromatic nitrogens is 3. The molecule has 0 aliphatic carbocycles. The number of carbonyl (C=O) groups is 1. The van der Waals surface area contributed by atoms with Crippen LogP contribution in [0.5, 0.6) is 0 Å². The van der Waals surface area contributed by atoms with Crippen LogP contribution in [0.4, 0.5) is 5.69 Å². The Kier molecular flexibility index (Phi) is 7.06. The quantitative estimate of drug-likeness (QED) is 0.329. The maximum atomic E-state index is 13.4. The van der Waals surface area contributed by atoms with Crippen molar-refractivity contribution in [2.24, 2.45) is 0 Å². The lowest BCUT2D eigenvalue weighted by Gasteiger charge is -2.23. The molecule has 9 nitrogen and oxygen atoms in total. The van der Waals surface area contributed by atoms with Crippen molar-refractivity contribution in [1.82, 2.24) is 15.0 Å². The van der Waals surface area contributed by atoms with Gasteiger partial charge < -0.3 is 4.74 Å².